The molecule has 2 aliphatic heterocycles. The SMILES string of the molecule is CC(C)ONc1nc(Cl)nc2c1cnn2[C@@H]1O[C@H](CO)[C@H]2OC(C)(C)O[C@H]21. The highest BCUT2D eigenvalue weighted by atomic mass is 35.5. The second-order valence-corrected chi connectivity index (χ2v) is 7.59. The van der Waals surface area contributed by atoms with Gasteiger partial charge in [-0.25, -0.2) is 10.2 Å². The number of nitrogens with one attached hydrogen (secondary N) is 1. The van der Waals surface area contributed by atoms with Crippen LogP contribution < -0.4 is 5.48 Å². The molecule has 2 saturated heterocycles. The number of hydrogen-bond acceptors (Lipinski definition) is 9. The van der Waals surface area contributed by atoms with Gasteiger partial charge in [-0.2, -0.15) is 15.1 Å². The first-order valence-corrected chi connectivity index (χ1v) is 9.11. The molecule has 0 saturated carbocycles. The van der Waals surface area contributed by atoms with Gasteiger partial charge in [0.25, 0.3) is 0 Å². The zero-order chi connectivity index (χ0) is 19.3. The van der Waals surface area contributed by atoms with Gasteiger partial charge in [-0.1, -0.05) is 0 Å². The molecule has 4 atom stereocenters. The van der Waals surface area contributed by atoms with E-state index >= 15 is 0 Å². The Hall–Kier alpha value is -1.56. The van der Waals surface area contributed by atoms with Gasteiger partial charge < -0.3 is 19.3 Å². The molecular weight excluding hydrogens is 378 g/mol. The summed E-state index contributed by atoms with van der Waals surface area (Å²) in [7, 11) is 0. The third kappa shape index (κ3) is 3.37. The zero-order valence-corrected chi connectivity index (χ0v) is 16.2. The number of aliphatic hydroxyl groups excluding tert-OH is 1. The second-order valence-electron chi connectivity index (χ2n) is 7.25. The third-order valence-electron chi connectivity index (χ3n) is 4.36. The summed E-state index contributed by atoms with van der Waals surface area (Å²) >= 11 is 6.09. The number of rotatable bonds is 5. The van der Waals surface area contributed by atoms with Gasteiger partial charge in [-0.15, -0.1) is 0 Å². The Labute approximate surface area is 160 Å². The van der Waals surface area contributed by atoms with Crippen molar-refractivity contribution in [2.45, 2.75) is 64.1 Å². The van der Waals surface area contributed by atoms with Crippen molar-refractivity contribution in [3.63, 3.8) is 0 Å². The number of ether oxygens (including phenoxy) is 3. The summed E-state index contributed by atoms with van der Waals surface area (Å²) in [5.74, 6) is -0.375. The minimum atomic E-state index is -0.780. The van der Waals surface area contributed by atoms with Gasteiger partial charge >= 0.3 is 0 Å². The van der Waals surface area contributed by atoms with E-state index in [0.29, 0.717) is 16.9 Å². The van der Waals surface area contributed by atoms with Gasteiger partial charge in [0.1, 0.15) is 18.3 Å². The van der Waals surface area contributed by atoms with Crippen molar-refractivity contribution in [3.05, 3.63) is 11.5 Å². The van der Waals surface area contributed by atoms with Gasteiger partial charge in [-0.05, 0) is 39.3 Å². The molecule has 4 heterocycles. The van der Waals surface area contributed by atoms with E-state index in [1.54, 1.807) is 10.9 Å². The number of halogens is 1. The van der Waals surface area contributed by atoms with E-state index in [-0.39, 0.29) is 18.0 Å². The first-order chi connectivity index (χ1) is 12.8. The Balaban J connectivity index is 1.72. The molecule has 2 N–H and O–H groups in total. The molecule has 2 aromatic rings. The molecule has 0 amide bonds. The highest BCUT2D eigenvalue weighted by molar-refractivity contribution is 6.28. The number of aromatic nitrogens is 4. The molecular formula is C16H22ClN5O5. The van der Waals surface area contributed by atoms with Crippen LogP contribution in [-0.4, -0.2) is 61.7 Å². The quantitative estimate of drug-likeness (QED) is 0.572. The van der Waals surface area contributed by atoms with Crippen LogP contribution >= 0.6 is 11.6 Å². The monoisotopic (exact) mass is 399 g/mol. The maximum atomic E-state index is 9.66. The van der Waals surface area contributed by atoms with Crippen molar-refractivity contribution < 1.29 is 24.2 Å². The smallest absolute Gasteiger partial charge is 0.226 e. The van der Waals surface area contributed by atoms with Crippen LogP contribution in [0.1, 0.15) is 33.9 Å². The molecule has 2 fully saturated rings. The molecule has 0 radical (unpaired) electrons. The molecule has 4 rings (SSSR count). The molecule has 0 unspecified atom stereocenters. The van der Waals surface area contributed by atoms with Crippen LogP contribution in [0.3, 0.4) is 0 Å². The highest BCUT2D eigenvalue weighted by Crippen LogP contribution is 2.43. The summed E-state index contributed by atoms with van der Waals surface area (Å²) in [6.07, 6.45) is -0.468. The summed E-state index contributed by atoms with van der Waals surface area (Å²) in [5, 5.41) is 14.7. The van der Waals surface area contributed by atoms with Gasteiger partial charge in [-0.3, -0.25) is 4.84 Å². The lowest BCUT2D eigenvalue weighted by molar-refractivity contribution is -0.201. The Morgan fingerprint density at radius 1 is 1.33 bits per heavy atom. The van der Waals surface area contributed by atoms with Crippen molar-refractivity contribution in [1.29, 1.82) is 0 Å². The largest absolute Gasteiger partial charge is 0.394 e. The first kappa shape index (κ1) is 18.8. The van der Waals surface area contributed by atoms with E-state index in [4.69, 9.17) is 30.6 Å². The Morgan fingerprint density at radius 3 is 2.78 bits per heavy atom. The van der Waals surface area contributed by atoms with Crippen LogP contribution in [-0.2, 0) is 19.0 Å². The third-order valence-corrected chi connectivity index (χ3v) is 4.53. The molecule has 2 aromatic heterocycles. The van der Waals surface area contributed by atoms with E-state index in [2.05, 4.69) is 20.5 Å². The van der Waals surface area contributed by atoms with E-state index < -0.39 is 30.3 Å². The molecule has 10 nitrogen and oxygen atoms in total. The Morgan fingerprint density at radius 2 is 2.07 bits per heavy atom. The molecule has 148 valence electrons. The zero-order valence-electron chi connectivity index (χ0n) is 15.4. The maximum Gasteiger partial charge on any atom is 0.226 e. The Bertz CT molecular complexity index is 844. The summed E-state index contributed by atoms with van der Waals surface area (Å²) in [6, 6.07) is 0. The minimum Gasteiger partial charge on any atom is -0.394 e. The van der Waals surface area contributed by atoms with Crippen molar-refractivity contribution in [3.8, 4) is 0 Å². The van der Waals surface area contributed by atoms with E-state index in [0.717, 1.165) is 0 Å². The van der Waals surface area contributed by atoms with Crippen LogP contribution in [0, 0.1) is 0 Å². The maximum absolute atomic E-state index is 9.66. The molecule has 0 aromatic carbocycles. The average Bonchev–Trinajstić information content (AvgIpc) is 3.22. The number of nitrogens with zero attached hydrogens (tertiary/aromatic N) is 4. The van der Waals surface area contributed by atoms with E-state index in [9.17, 15) is 5.11 Å². The number of aliphatic hydroxyl groups is 1. The predicted molar refractivity (Wildman–Crippen MR) is 95.0 cm³/mol. The summed E-state index contributed by atoms with van der Waals surface area (Å²) < 4.78 is 19.4. The summed E-state index contributed by atoms with van der Waals surface area (Å²) in [4.78, 5) is 13.9. The van der Waals surface area contributed by atoms with Gasteiger partial charge in [0.2, 0.25) is 5.28 Å². The Kier molecular flexibility index (Phi) is 4.73. The van der Waals surface area contributed by atoms with Gasteiger partial charge in [0, 0.05) is 0 Å². The molecule has 2 aliphatic rings. The summed E-state index contributed by atoms with van der Waals surface area (Å²) in [5.41, 5.74) is 3.24. The standard InChI is InChI=1S/C16H22ClN5O5/c1-7(2)27-21-12-8-5-18-22(13(8)20-15(17)19-12)14-11-10(9(6-23)24-14)25-16(3,4)26-11/h5,7,9-11,14,23H,6H2,1-4H3,(H,19,20,21)/t9-,10-,11-,14-/m1/s1. The van der Waals surface area contributed by atoms with Crippen molar-refractivity contribution >= 4 is 28.5 Å². The van der Waals surface area contributed by atoms with Crippen molar-refractivity contribution in [1.82, 2.24) is 19.7 Å². The van der Waals surface area contributed by atoms with Crippen LogP contribution in [0.15, 0.2) is 6.20 Å². The lowest BCUT2D eigenvalue weighted by atomic mass is 10.1. The van der Waals surface area contributed by atoms with Crippen molar-refractivity contribution in [2.24, 2.45) is 0 Å². The van der Waals surface area contributed by atoms with Crippen LogP contribution in [0.4, 0.5) is 5.82 Å². The number of anilines is 1. The lowest BCUT2D eigenvalue weighted by Crippen LogP contribution is -2.31. The fourth-order valence-electron chi connectivity index (χ4n) is 3.34. The first-order valence-electron chi connectivity index (χ1n) is 8.73. The fraction of sp³-hybridized carbons (Fsp3) is 0.688. The van der Waals surface area contributed by atoms with Crippen LogP contribution in [0.2, 0.25) is 5.28 Å². The van der Waals surface area contributed by atoms with Crippen molar-refractivity contribution in [2.75, 3.05) is 12.1 Å². The summed E-state index contributed by atoms with van der Waals surface area (Å²) in [6.45, 7) is 7.22. The molecule has 27 heavy (non-hydrogen) atoms. The lowest BCUT2D eigenvalue weighted by Gasteiger charge is -2.23. The average molecular weight is 400 g/mol. The number of hydrogen-bond donors (Lipinski definition) is 2. The van der Waals surface area contributed by atoms with Crippen LogP contribution in [0.5, 0.6) is 0 Å². The number of fused-ring (bicyclic) bond motifs is 2. The normalized spacial score (nSPS) is 29.6. The molecule has 0 bridgehead atoms. The fourth-order valence-corrected chi connectivity index (χ4v) is 3.50. The predicted octanol–water partition coefficient (Wildman–Crippen LogP) is 1.64. The van der Waals surface area contributed by atoms with Crippen LogP contribution in [0.25, 0.3) is 11.0 Å². The molecule has 11 heteroatoms. The van der Waals surface area contributed by atoms with E-state index in [1.807, 2.05) is 27.7 Å². The second kappa shape index (κ2) is 6.80. The topological polar surface area (TPSA) is 113 Å². The minimum absolute atomic E-state index is 0.0382. The van der Waals surface area contributed by atoms with E-state index in [1.165, 1.54) is 0 Å². The van der Waals surface area contributed by atoms with Gasteiger partial charge in [0.15, 0.2) is 23.5 Å². The molecule has 0 spiro atoms. The highest BCUT2D eigenvalue weighted by Gasteiger charge is 2.56. The van der Waals surface area contributed by atoms with Gasteiger partial charge in [0.05, 0.1) is 24.3 Å². The molecule has 0 aliphatic carbocycles.